The number of likely N-dealkylation sites (N-methyl/N-ethyl adjacent to an activating group) is 1. The van der Waals surface area contributed by atoms with Gasteiger partial charge in [-0.05, 0) is 14.0 Å². The summed E-state index contributed by atoms with van der Waals surface area (Å²) in [6, 6.07) is 1.44. The third kappa shape index (κ3) is 3.08. The van der Waals surface area contributed by atoms with Gasteiger partial charge in [-0.1, -0.05) is 0 Å². The Bertz CT molecular complexity index is 401. The molecule has 0 spiro atoms. The number of aliphatic hydroxyl groups excluding tert-OH is 1. The zero-order valence-electron chi connectivity index (χ0n) is 9.68. The predicted octanol–water partition coefficient (Wildman–Crippen LogP) is -0.00210. The molecule has 0 bridgehead atoms. The number of aryl methyl sites for hydroxylation is 1. The fraction of sp³-hybridized carbons (Fsp3) is 0.545. The third-order valence-electron chi connectivity index (χ3n) is 2.45. The summed E-state index contributed by atoms with van der Waals surface area (Å²) in [5.41, 5.74) is 0.471. The maximum absolute atomic E-state index is 11.3. The van der Waals surface area contributed by atoms with Crippen molar-refractivity contribution in [1.82, 2.24) is 9.47 Å². The van der Waals surface area contributed by atoms with E-state index in [1.807, 2.05) is 23.4 Å². The molecule has 0 unspecified atom stereocenters. The minimum atomic E-state index is -0.364. The minimum absolute atomic E-state index is 0.0882. The Hall–Kier alpha value is -1.33. The summed E-state index contributed by atoms with van der Waals surface area (Å²) < 4.78 is 1.82. The molecule has 0 saturated carbocycles. The molecule has 16 heavy (non-hydrogen) atoms. The zero-order chi connectivity index (χ0) is 12.1. The molecule has 0 saturated heterocycles. The van der Waals surface area contributed by atoms with Crippen LogP contribution in [0.2, 0.25) is 0 Å². The fourth-order valence-electron chi connectivity index (χ4n) is 1.56. The molecule has 0 aliphatic rings. The Morgan fingerprint density at radius 1 is 1.50 bits per heavy atom. The molecule has 0 aromatic carbocycles. The molecular formula is C11H18N2O3. The van der Waals surface area contributed by atoms with E-state index in [1.165, 1.54) is 12.3 Å². The highest BCUT2D eigenvalue weighted by molar-refractivity contribution is 5.20. The molecule has 0 amide bonds. The van der Waals surface area contributed by atoms with E-state index in [0.29, 0.717) is 19.6 Å². The topological polar surface area (TPSA) is 65.7 Å². The lowest BCUT2D eigenvalue weighted by Crippen LogP contribution is -2.25. The summed E-state index contributed by atoms with van der Waals surface area (Å²) in [6.07, 6.45) is 1.45. The Morgan fingerprint density at radius 3 is 2.75 bits per heavy atom. The van der Waals surface area contributed by atoms with Crippen molar-refractivity contribution in [1.29, 1.82) is 0 Å². The van der Waals surface area contributed by atoms with Crippen LogP contribution in [0.15, 0.2) is 17.1 Å². The van der Waals surface area contributed by atoms with Gasteiger partial charge in [-0.15, -0.1) is 0 Å². The van der Waals surface area contributed by atoms with Gasteiger partial charge in [-0.25, -0.2) is 0 Å². The second kappa shape index (κ2) is 5.67. The first-order chi connectivity index (χ1) is 7.58. The quantitative estimate of drug-likeness (QED) is 0.741. The normalized spacial score (nSPS) is 11.0. The summed E-state index contributed by atoms with van der Waals surface area (Å²) in [4.78, 5) is 13.2. The number of aromatic hydroxyl groups is 1. The van der Waals surface area contributed by atoms with Gasteiger partial charge in [0.15, 0.2) is 5.75 Å². The summed E-state index contributed by atoms with van der Waals surface area (Å²) in [5.74, 6) is -0.226. The van der Waals surface area contributed by atoms with Crippen LogP contribution in [0.25, 0.3) is 0 Å². The Morgan fingerprint density at radius 2 is 2.19 bits per heavy atom. The second-order valence-corrected chi connectivity index (χ2v) is 3.76. The molecule has 2 N–H and O–H groups in total. The van der Waals surface area contributed by atoms with Crippen molar-refractivity contribution in [3.8, 4) is 5.75 Å². The smallest absolute Gasteiger partial charge is 0.223 e. The zero-order valence-corrected chi connectivity index (χ0v) is 9.68. The number of hydrogen-bond donors (Lipinski definition) is 2. The standard InChI is InChI=1S/C11H18N2O3/c1-3-13-8-11(16)10(15)6-9(13)7-12(2)4-5-14/h6,8,14,16H,3-5,7H2,1-2H3. The van der Waals surface area contributed by atoms with E-state index in [4.69, 9.17) is 5.11 Å². The van der Waals surface area contributed by atoms with Crippen LogP contribution >= 0.6 is 0 Å². The van der Waals surface area contributed by atoms with Crippen molar-refractivity contribution in [3.05, 3.63) is 28.2 Å². The van der Waals surface area contributed by atoms with Crippen molar-refractivity contribution < 1.29 is 10.2 Å². The maximum Gasteiger partial charge on any atom is 0.223 e. The Balaban J connectivity index is 2.94. The van der Waals surface area contributed by atoms with Crippen LogP contribution in [0.3, 0.4) is 0 Å². The van der Waals surface area contributed by atoms with Crippen LogP contribution < -0.4 is 5.43 Å². The van der Waals surface area contributed by atoms with Gasteiger partial charge in [0, 0.05) is 31.4 Å². The highest BCUT2D eigenvalue weighted by Gasteiger charge is 2.07. The highest BCUT2D eigenvalue weighted by atomic mass is 16.3. The molecule has 0 atom stereocenters. The van der Waals surface area contributed by atoms with Crippen LogP contribution in [0.4, 0.5) is 0 Å². The lowest BCUT2D eigenvalue weighted by molar-refractivity contribution is 0.214. The molecule has 0 aliphatic carbocycles. The Kier molecular flexibility index (Phi) is 4.52. The molecule has 1 aromatic heterocycles. The molecule has 1 aromatic rings. The molecule has 5 heteroatoms. The SMILES string of the molecule is CCn1cc(O)c(=O)cc1CN(C)CCO. The van der Waals surface area contributed by atoms with Crippen molar-refractivity contribution in [3.63, 3.8) is 0 Å². The van der Waals surface area contributed by atoms with Crippen LogP contribution in [0.5, 0.6) is 5.75 Å². The van der Waals surface area contributed by atoms with E-state index in [0.717, 1.165) is 5.69 Å². The number of rotatable bonds is 5. The third-order valence-corrected chi connectivity index (χ3v) is 2.45. The Labute approximate surface area is 94.6 Å². The van der Waals surface area contributed by atoms with Gasteiger partial charge in [-0.3, -0.25) is 9.69 Å². The van der Waals surface area contributed by atoms with E-state index in [-0.39, 0.29) is 17.8 Å². The van der Waals surface area contributed by atoms with E-state index in [2.05, 4.69) is 0 Å². The van der Waals surface area contributed by atoms with Crippen molar-refractivity contribution in [2.45, 2.75) is 20.0 Å². The van der Waals surface area contributed by atoms with Gasteiger partial charge in [0.1, 0.15) is 0 Å². The van der Waals surface area contributed by atoms with E-state index < -0.39 is 0 Å². The van der Waals surface area contributed by atoms with Crippen LogP contribution in [0, 0.1) is 0 Å². The molecular weight excluding hydrogens is 208 g/mol. The number of aromatic nitrogens is 1. The van der Waals surface area contributed by atoms with Crippen molar-refractivity contribution >= 4 is 0 Å². The molecule has 5 nitrogen and oxygen atoms in total. The van der Waals surface area contributed by atoms with Crippen LogP contribution in [-0.4, -0.2) is 39.9 Å². The second-order valence-electron chi connectivity index (χ2n) is 3.76. The first kappa shape index (κ1) is 12.7. The summed E-state index contributed by atoms with van der Waals surface area (Å²) in [5, 5.41) is 18.1. The largest absolute Gasteiger partial charge is 0.503 e. The number of pyridine rings is 1. The monoisotopic (exact) mass is 226 g/mol. The summed E-state index contributed by atoms with van der Waals surface area (Å²) in [7, 11) is 1.87. The maximum atomic E-state index is 11.3. The van der Waals surface area contributed by atoms with E-state index in [9.17, 15) is 9.90 Å². The first-order valence-corrected chi connectivity index (χ1v) is 5.30. The van der Waals surface area contributed by atoms with Gasteiger partial charge in [0.05, 0.1) is 12.8 Å². The van der Waals surface area contributed by atoms with Crippen molar-refractivity contribution in [2.75, 3.05) is 20.2 Å². The van der Waals surface area contributed by atoms with Gasteiger partial charge >= 0.3 is 0 Å². The lowest BCUT2D eigenvalue weighted by Gasteiger charge is -2.18. The van der Waals surface area contributed by atoms with Gasteiger partial charge in [0.2, 0.25) is 5.43 Å². The first-order valence-electron chi connectivity index (χ1n) is 5.30. The van der Waals surface area contributed by atoms with Gasteiger partial charge in [-0.2, -0.15) is 0 Å². The highest BCUT2D eigenvalue weighted by Crippen LogP contribution is 2.07. The van der Waals surface area contributed by atoms with Gasteiger partial charge < -0.3 is 14.8 Å². The average Bonchev–Trinajstić information content (AvgIpc) is 2.23. The average molecular weight is 226 g/mol. The fourth-order valence-corrected chi connectivity index (χ4v) is 1.56. The predicted molar refractivity (Wildman–Crippen MR) is 61.5 cm³/mol. The van der Waals surface area contributed by atoms with Crippen LogP contribution in [-0.2, 0) is 13.1 Å². The van der Waals surface area contributed by atoms with Crippen molar-refractivity contribution in [2.24, 2.45) is 0 Å². The molecule has 1 rings (SSSR count). The van der Waals surface area contributed by atoms with Crippen LogP contribution in [0.1, 0.15) is 12.6 Å². The van der Waals surface area contributed by atoms with E-state index in [1.54, 1.807) is 0 Å². The lowest BCUT2D eigenvalue weighted by atomic mass is 10.3. The minimum Gasteiger partial charge on any atom is -0.503 e. The summed E-state index contributed by atoms with van der Waals surface area (Å²) in [6.45, 7) is 3.85. The molecule has 90 valence electrons. The number of aliphatic hydroxyl groups is 1. The molecule has 0 aliphatic heterocycles. The molecule has 1 heterocycles. The summed E-state index contributed by atoms with van der Waals surface area (Å²) >= 11 is 0. The number of hydrogen-bond acceptors (Lipinski definition) is 4. The number of nitrogens with zero attached hydrogens (tertiary/aromatic N) is 2. The molecule has 0 fully saturated rings. The van der Waals surface area contributed by atoms with Gasteiger partial charge in [0.25, 0.3) is 0 Å². The molecule has 0 radical (unpaired) electrons. The van der Waals surface area contributed by atoms with E-state index >= 15 is 0 Å².